The molecular formula is C14H26N2O3. The van der Waals surface area contributed by atoms with Gasteiger partial charge >= 0.3 is 5.97 Å². The van der Waals surface area contributed by atoms with Crippen molar-refractivity contribution >= 4 is 11.9 Å². The highest BCUT2D eigenvalue weighted by Gasteiger charge is 2.37. The topological polar surface area (TPSA) is 58.6 Å². The van der Waals surface area contributed by atoms with Gasteiger partial charge in [-0.1, -0.05) is 33.1 Å². The summed E-state index contributed by atoms with van der Waals surface area (Å²) in [6, 6.07) is -0.0749. The fourth-order valence-electron chi connectivity index (χ4n) is 2.45. The zero-order valence-corrected chi connectivity index (χ0v) is 12.3. The summed E-state index contributed by atoms with van der Waals surface area (Å²) in [6.45, 7) is 4.67. The van der Waals surface area contributed by atoms with Gasteiger partial charge in [-0.25, -0.2) is 0 Å². The van der Waals surface area contributed by atoms with E-state index in [-0.39, 0.29) is 30.5 Å². The normalized spacial score (nSPS) is 22.9. The van der Waals surface area contributed by atoms with Crippen molar-refractivity contribution in [2.24, 2.45) is 0 Å². The zero-order valence-electron chi connectivity index (χ0n) is 12.3. The van der Waals surface area contributed by atoms with Crippen LogP contribution in [0.4, 0.5) is 0 Å². The number of esters is 1. The van der Waals surface area contributed by atoms with E-state index in [1.165, 1.54) is 7.11 Å². The fraction of sp³-hybridized carbons (Fsp3) is 0.857. The molecule has 0 aliphatic carbocycles. The van der Waals surface area contributed by atoms with Crippen molar-refractivity contribution < 1.29 is 14.3 Å². The molecule has 2 unspecified atom stereocenters. The van der Waals surface area contributed by atoms with Gasteiger partial charge in [0.15, 0.2) is 0 Å². The molecule has 2 atom stereocenters. The number of amides is 1. The smallest absolute Gasteiger partial charge is 0.307 e. The Bertz CT molecular complexity index is 307. The Kier molecular flexibility index (Phi) is 6.84. The SMILES string of the molecule is CCCCC1NC(CCC)N(CCC(=O)OC)C1=O. The van der Waals surface area contributed by atoms with E-state index in [0.29, 0.717) is 6.54 Å². The van der Waals surface area contributed by atoms with Gasteiger partial charge in [0, 0.05) is 6.54 Å². The van der Waals surface area contributed by atoms with Crippen molar-refractivity contribution in [2.75, 3.05) is 13.7 Å². The molecule has 0 radical (unpaired) electrons. The highest BCUT2D eigenvalue weighted by atomic mass is 16.5. The zero-order chi connectivity index (χ0) is 14.3. The first-order valence-electron chi connectivity index (χ1n) is 7.27. The highest BCUT2D eigenvalue weighted by molar-refractivity contribution is 5.84. The minimum absolute atomic E-state index is 0.0732. The Balaban J connectivity index is 2.57. The molecule has 1 amide bonds. The Labute approximate surface area is 115 Å². The van der Waals surface area contributed by atoms with Crippen LogP contribution in [-0.2, 0) is 14.3 Å². The summed E-state index contributed by atoms with van der Waals surface area (Å²) < 4.78 is 4.63. The maximum atomic E-state index is 12.3. The van der Waals surface area contributed by atoms with E-state index in [9.17, 15) is 9.59 Å². The predicted octanol–water partition coefficient (Wildman–Crippen LogP) is 1.67. The average Bonchev–Trinajstić information content (AvgIpc) is 2.70. The second kappa shape index (κ2) is 8.15. The molecule has 5 nitrogen and oxygen atoms in total. The van der Waals surface area contributed by atoms with E-state index in [0.717, 1.165) is 32.1 Å². The third-order valence-electron chi connectivity index (χ3n) is 3.54. The van der Waals surface area contributed by atoms with Crippen molar-refractivity contribution in [3.63, 3.8) is 0 Å². The molecule has 0 aromatic rings. The lowest BCUT2D eigenvalue weighted by atomic mass is 10.1. The van der Waals surface area contributed by atoms with Gasteiger partial charge < -0.3 is 9.64 Å². The molecule has 1 aliphatic heterocycles. The Hall–Kier alpha value is -1.10. The number of nitrogens with one attached hydrogen (secondary N) is 1. The van der Waals surface area contributed by atoms with E-state index in [2.05, 4.69) is 23.9 Å². The fourth-order valence-corrected chi connectivity index (χ4v) is 2.45. The minimum atomic E-state index is -0.264. The lowest BCUT2D eigenvalue weighted by molar-refractivity contribution is -0.141. The van der Waals surface area contributed by atoms with Crippen LogP contribution in [-0.4, -0.2) is 42.6 Å². The van der Waals surface area contributed by atoms with Crippen LogP contribution in [0.15, 0.2) is 0 Å². The molecular weight excluding hydrogens is 244 g/mol. The molecule has 110 valence electrons. The first-order valence-corrected chi connectivity index (χ1v) is 7.27. The summed E-state index contributed by atoms with van der Waals surface area (Å²) >= 11 is 0. The molecule has 0 aromatic carbocycles. The van der Waals surface area contributed by atoms with Gasteiger partial charge in [-0.2, -0.15) is 0 Å². The van der Waals surface area contributed by atoms with Gasteiger partial charge in [0.2, 0.25) is 5.91 Å². The lowest BCUT2D eigenvalue weighted by Crippen LogP contribution is -2.38. The molecule has 5 heteroatoms. The van der Waals surface area contributed by atoms with Gasteiger partial charge in [0.25, 0.3) is 0 Å². The molecule has 0 saturated carbocycles. The number of hydrogen-bond acceptors (Lipinski definition) is 4. The molecule has 0 aromatic heterocycles. The maximum Gasteiger partial charge on any atom is 0.307 e. The first kappa shape index (κ1) is 16.0. The van der Waals surface area contributed by atoms with Crippen molar-refractivity contribution in [3.8, 4) is 0 Å². The number of hydrogen-bond donors (Lipinski definition) is 1. The Morgan fingerprint density at radius 1 is 1.32 bits per heavy atom. The van der Waals surface area contributed by atoms with Crippen LogP contribution in [0.5, 0.6) is 0 Å². The monoisotopic (exact) mass is 270 g/mol. The number of ether oxygens (including phenoxy) is 1. The van der Waals surface area contributed by atoms with Crippen molar-refractivity contribution in [2.45, 2.75) is 64.6 Å². The summed E-state index contributed by atoms with van der Waals surface area (Å²) in [6.07, 6.45) is 5.30. The number of rotatable bonds is 8. The van der Waals surface area contributed by atoms with Gasteiger partial charge in [-0.15, -0.1) is 0 Å². The summed E-state index contributed by atoms with van der Waals surface area (Å²) in [5.41, 5.74) is 0. The van der Waals surface area contributed by atoms with Gasteiger partial charge in [-0.3, -0.25) is 14.9 Å². The number of unbranched alkanes of at least 4 members (excludes halogenated alkanes) is 1. The Morgan fingerprint density at radius 3 is 2.63 bits per heavy atom. The first-order chi connectivity index (χ1) is 9.13. The van der Waals surface area contributed by atoms with E-state index in [1.54, 1.807) is 4.90 Å². The molecule has 1 fully saturated rings. The molecule has 1 aliphatic rings. The molecule has 1 saturated heterocycles. The molecule has 1 rings (SSSR count). The minimum Gasteiger partial charge on any atom is -0.469 e. The largest absolute Gasteiger partial charge is 0.469 e. The summed E-state index contributed by atoms with van der Waals surface area (Å²) in [4.78, 5) is 25.3. The summed E-state index contributed by atoms with van der Waals surface area (Å²) in [7, 11) is 1.37. The van der Waals surface area contributed by atoms with Crippen LogP contribution in [0.25, 0.3) is 0 Å². The van der Waals surface area contributed by atoms with Crippen LogP contribution >= 0.6 is 0 Å². The molecule has 0 spiro atoms. The van der Waals surface area contributed by atoms with Crippen LogP contribution in [0, 0.1) is 0 Å². The van der Waals surface area contributed by atoms with Gasteiger partial charge in [0.1, 0.15) is 0 Å². The molecule has 19 heavy (non-hydrogen) atoms. The second-order valence-electron chi connectivity index (χ2n) is 5.02. The summed E-state index contributed by atoms with van der Waals surface area (Å²) in [5.74, 6) is -0.129. The number of carbonyl (C=O) groups is 2. The number of carbonyl (C=O) groups excluding carboxylic acids is 2. The van der Waals surface area contributed by atoms with Gasteiger partial charge in [0.05, 0.1) is 25.7 Å². The van der Waals surface area contributed by atoms with Crippen LogP contribution < -0.4 is 5.32 Å². The van der Waals surface area contributed by atoms with Crippen LogP contribution in [0.3, 0.4) is 0 Å². The lowest BCUT2D eigenvalue weighted by Gasteiger charge is -2.23. The summed E-state index contributed by atoms with van der Waals surface area (Å²) in [5, 5.41) is 3.39. The average molecular weight is 270 g/mol. The quantitative estimate of drug-likeness (QED) is 0.682. The Morgan fingerprint density at radius 2 is 2.05 bits per heavy atom. The third kappa shape index (κ3) is 4.49. The molecule has 0 bridgehead atoms. The van der Waals surface area contributed by atoms with Gasteiger partial charge in [-0.05, 0) is 12.8 Å². The predicted molar refractivity (Wildman–Crippen MR) is 73.5 cm³/mol. The van der Waals surface area contributed by atoms with Crippen molar-refractivity contribution in [1.29, 1.82) is 0 Å². The maximum absolute atomic E-state index is 12.3. The number of methoxy groups -OCH3 is 1. The van der Waals surface area contributed by atoms with E-state index >= 15 is 0 Å². The van der Waals surface area contributed by atoms with Crippen molar-refractivity contribution in [1.82, 2.24) is 10.2 Å². The van der Waals surface area contributed by atoms with E-state index in [4.69, 9.17) is 0 Å². The van der Waals surface area contributed by atoms with E-state index < -0.39 is 0 Å². The standard InChI is InChI=1S/C14H26N2O3/c1-4-6-8-11-14(18)16(10-9-13(17)19-3)12(15-11)7-5-2/h11-12,15H,4-10H2,1-3H3. The van der Waals surface area contributed by atoms with Crippen molar-refractivity contribution in [3.05, 3.63) is 0 Å². The third-order valence-corrected chi connectivity index (χ3v) is 3.54. The van der Waals surface area contributed by atoms with Crippen LogP contribution in [0.1, 0.15) is 52.4 Å². The molecule has 1 N–H and O–H groups in total. The highest BCUT2D eigenvalue weighted by Crippen LogP contribution is 2.19. The second-order valence-corrected chi connectivity index (χ2v) is 5.02. The number of nitrogens with zero attached hydrogens (tertiary/aromatic N) is 1. The molecule has 1 heterocycles. The van der Waals surface area contributed by atoms with E-state index in [1.807, 2.05) is 0 Å². The van der Waals surface area contributed by atoms with Crippen LogP contribution in [0.2, 0.25) is 0 Å².